The van der Waals surface area contributed by atoms with Crippen molar-refractivity contribution in [2.24, 2.45) is 0 Å². The summed E-state index contributed by atoms with van der Waals surface area (Å²) in [5.41, 5.74) is 2.64. The number of nitrogens with zero attached hydrogens (tertiary/aromatic N) is 2. The first-order chi connectivity index (χ1) is 10.8. The fourth-order valence-corrected chi connectivity index (χ4v) is 2.64. The van der Waals surface area contributed by atoms with E-state index in [-0.39, 0.29) is 5.91 Å². The van der Waals surface area contributed by atoms with E-state index in [1.807, 2.05) is 35.7 Å². The molecule has 4 nitrogen and oxygen atoms in total. The number of anilines is 1. The molecule has 1 heterocycles. The van der Waals surface area contributed by atoms with E-state index in [1.165, 1.54) is 0 Å². The lowest BCUT2D eigenvalue weighted by Crippen LogP contribution is -2.11. The van der Waals surface area contributed by atoms with Gasteiger partial charge in [0.1, 0.15) is 5.01 Å². The number of nitrogens with one attached hydrogen (secondary N) is 1. The third-order valence-electron chi connectivity index (χ3n) is 3.08. The Morgan fingerprint density at radius 1 is 1.18 bits per heavy atom. The van der Waals surface area contributed by atoms with E-state index in [4.69, 9.17) is 5.26 Å². The van der Waals surface area contributed by atoms with Gasteiger partial charge in [0.25, 0.3) is 5.91 Å². The van der Waals surface area contributed by atoms with Crippen LogP contribution in [0.25, 0.3) is 10.6 Å². The highest BCUT2D eigenvalue weighted by Crippen LogP contribution is 2.23. The molecule has 0 spiro atoms. The normalized spacial score (nSPS) is 9.95. The Bertz CT molecular complexity index is 833. The molecule has 2 aromatic carbocycles. The summed E-state index contributed by atoms with van der Waals surface area (Å²) in [5.74, 6) is -0.237. The van der Waals surface area contributed by atoms with E-state index in [0.717, 1.165) is 10.6 Å². The molecule has 106 valence electrons. The van der Waals surface area contributed by atoms with Crippen LogP contribution in [0.5, 0.6) is 0 Å². The minimum atomic E-state index is -0.237. The van der Waals surface area contributed by atoms with Gasteiger partial charge in [-0.05, 0) is 42.5 Å². The number of aromatic nitrogens is 1. The quantitative estimate of drug-likeness (QED) is 0.797. The Morgan fingerprint density at radius 2 is 2.00 bits per heavy atom. The van der Waals surface area contributed by atoms with Crippen molar-refractivity contribution < 1.29 is 4.79 Å². The van der Waals surface area contributed by atoms with Gasteiger partial charge < -0.3 is 5.32 Å². The van der Waals surface area contributed by atoms with Gasteiger partial charge in [0.15, 0.2) is 0 Å². The van der Waals surface area contributed by atoms with Crippen LogP contribution < -0.4 is 5.32 Å². The maximum absolute atomic E-state index is 12.2. The topological polar surface area (TPSA) is 65.8 Å². The van der Waals surface area contributed by atoms with Crippen LogP contribution in [0.2, 0.25) is 0 Å². The molecule has 3 aromatic rings. The molecule has 3 rings (SSSR count). The summed E-state index contributed by atoms with van der Waals surface area (Å²) in [6.07, 6.45) is 1.76. The molecule has 1 N–H and O–H groups in total. The molecule has 0 aliphatic rings. The maximum atomic E-state index is 12.2. The first-order valence-corrected chi connectivity index (χ1v) is 7.46. The fraction of sp³-hybridized carbons (Fsp3) is 0. The lowest BCUT2D eigenvalue weighted by Gasteiger charge is -2.06. The second-order valence-electron chi connectivity index (χ2n) is 4.56. The van der Waals surface area contributed by atoms with Crippen LogP contribution in [-0.2, 0) is 0 Å². The number of rotatable bonds is 3. The number of carbonyl (C=O) groups excluding carboxylic acids is 1. The summed E-state index contributed by atoms with van der Waals surface area (Å²) in [7, 11) is 0. The summed E-state index contributed by atoms with van der Waals surface area (Å²) in [6, 6.07) is 16.1. The Hall–Kier alpha value is -2.97. The van der Waals surface area contributed by atoms with Gasteiger partial charge in [-0.25, -0.2) is 4.98 Å². The highest BCUT2D eigenvalue weighted by Gasteiger charge is 2.07. The second-order valence-corrected chi connectivity index (χ2v) is 5.46. The average molecular weight is 305 g/mol. The molecule has 0 bridgehead atoms. The van der Waals surface area contributed by atoms with Gasteiger partial charge in [-0.15, -0.1) is 11.3 Å². The highest BCUT2D eigenvalue weighted by atomic mass is 32.1. The van der Waals surface area contributed by atoms with Crippen molar-refractivity contribution in [3.05, 3.63) is 71.2 Å². The first kappa shape index (κ1) is 14.0. The van der Waals surface area contributed by atoms with Crippen LogP contribution in [0.1, 0.15) is 15.9 Å². The van der Waals surface area contributed by atoms with Crippen molar-refractivity contribution in [2.75, 3.05) is 5.32 Å². The molecule has 0 saturated carbocycles. The Morgan fingerprint density at radius 3 is 2.68 bits per heavy atom. The van der Waals surface area contributed by atoms with Gasteiger partial charge >= 0.3 is 0 Å². The lowest BCUT2D eigenvalue weighted by molar-refractivity contribution is 0.102. The molecule has 0 atom stereocenters. The van der Waals surface area contributed by atoms with Gasteiger partial charge in [-0.3, -0.25) is 4.79 Å². The number of hydrogen-bond acceptors (Lipinski definition) is 4. The predicted molar refractivity (Wildman–Crippen MR) is 86.7 cm³/mol. The molecular weight excluding hydrogens is 294 g/mol. The molecule has 22 heavy (non-hydrogen) atoms. The molecule has 0 aliphatic heterocycles. The van der Waals surface area contributed by atoms with Crippen molar-refractivity contribution >= 4 is 22.9 Å². The van der Waals surface area contributed by atoms with Crippen molar-refractivity contribution in [1.29, 1.82) is 5.26 Å². The summed E-state index contributed by atoms with van der Waals surface area (Å²) >= 11 is 1.57. The average Bonchev–Trinajstić information content (AvgIpc) is 3.10. The molecule has 0 fully saturated rings. The number of hydrogen-bond donors (Lipinski definition) is 1. The third-order valence-corrected chi connectivity index (χ3v) is 3.90. The van der Waals surface area contributed by atoms with Gasteiger partial charge in [-0.2, -0.15) is 5.26 Å². The number of benzene rings is 2. The number of amides is 1. The lowest BCUT2D eigenvalue weighted by atomic mass is 10.1. The van der Waals surface area contributed by atoms with E-state index >= 15 is 0 Å². The Balaban J connectivity index is 1.75. The smallest absolute Gasteiger partial charge is 0.255 e. The summed E-state index contributed by atoms with van der Waals surface area (Å²) in [6.45, 7) is 0. The van der Waals surface area contributed by atoms with Crippen LogP contribution in [0, 0.1) is 11.3 Å². The monoisotopic (exact) mass is 305 g/mol. The fourth-order valence-electron chi connectivity index (χ4n) is 2.00. The van der Waals surface area contributed by atoms with Gasteiger partial charge in [0.2, 0.25) is 0 Å². The van der Waals surface area contributed by atoms with E-state index in [9.17, 15) is 4.79 Å². The molecule has 0 aliphatic carbocycles. The SMILES string of the molecule is N#Cc1cccc(C(=O)Nc2ccc(-c3nccs3)cc2)c1. The molecule has 1 aromatic heterocycles. The van der Waals surface area contributed by atoms with E-state index in [1.54, 1.807) is 41.8 Å². The van der Waals surface area contributed by atoms with Crippen molar-refractivity contribution in [1.82, 2.24) is 4.98 Å². The van der Waals surface area contributed by atoms with Crippen molar-refractivity contribution in [2.45, 2.75) is 0 Å². The standard InChI is InChI=1S/C17H11N3OS/c18-11-12-2-1-3-14(10-12)16(21)20-15-6-4-13(5-7-15)17-19-8-9-22-17/h1-10H,(H,20,21). The van der Waals surface area contributed by atoms with Gasteiger partial charge in [-0.1, -0.05) is 6.07 Å². The summed E-state index contributed by atoms with van der Waals surface area (Å²) < 4.78 is 0. The summed E-state index contributed by atoms with van der Waals surface area (Å²) in [5, 5.41) is 14.6. The Labute approximate surface area is 131 Å². The third kappa shape index (κ3) is 3.03. The minimum Gasteiger partial charge on any atom is -0.322 e. The zero-order valence-corrected chi connectivity index (χ0v) is 12.3. The van der Waals surface area contributed by atoms with E-state index in [0.29, 0.717) is 16.8 Å². The highest BCUT2D eigenvalue weighted by molar-refractivity contribution is 7.13. The molecule has 5 heteroatoms. The molecule has 0 unspecified atom stereocenters. The van der Waals surface area contributed by atoms with Crippen molar-refractivity contribution in [3.8, 4) is 16.6 Å². The number of carbonyl (C=O) groups is 1. The van der Waals surface area contributed by atoms with Crippen LogP contribution in [0.15, 0.2) is 60.1 Å². The van der Waals surface area contributed by atoms with Crippen LogP contribution in [-0.4, -0.2) is 10.9 Å². The van der Waals surface area contributed by atoms with E-state index in [2.05, 4.69) is 10.3 Å². The first-order valence-electron chi connectivity index (χ1n) is 6.58. The molecular formula is C17H11N3OS. The largest absolute Gasteiger partial charge is 0.322 e. The van der Waals surface area contributed by atoms with E-state index < -0.39 is 0 Å². The van der Waals surface area contributed by atoms with Crippen molar-refractivity contribution in [3.63, 3.8) is 0 Å². The predicted octanol–water partition coefficient (Wildman–Crippen LogP) is 3.93. The second kappa shape index (κ2) is 6.20. The van der Waals surface area contributed by atoms with Crippen LogP contribution in [0.3, 0.4) is 0 Å². The van der Waals surface area contributed by atoms with Crippen LogP contribution in [0.4, 0.5) is 5.69 Å². The number of nitriles is 1. The zero-order valence-electron chi connectivity index (χ0n) is 11.5. The Kier molecular flexibility index (Phi) is 3.95. The molecule has 1 amide bonds. The number of thiazole rings is 1. The summed E-state index contributed by atoms with van der Waals surface area (Å²) in [4.78, 5) is 16.4. The molecule has 0 radical (unpaired) electrons. The van der Waals surface area contributed by atoms with Gasteiger partial charge in [0, 0.05) is 28.4 Å². The molecule has 0 saturated heterocycles. The zero-order chi connectivity index (χ0) is 15.4. The minimum absolute atomic E-state index is 0.237. The maximum Gasteiger partial charge on any atom is 0.255 e. The van der Waals surface area contributed by atoms with Gasteiger partial charge in [0.05, 0.1) is 11.6 Å². The van der Waals surface area contributed by atoms with Crippen LogP contribution >= 0.6 is 11.3 Å².